The molecule has 6 heteroatoms. The first kappa shape index (κ1) is 10.5. The molecule has 0 aromatic carbocycles. The van der Waals surface area contributed by atoms with Crippen molar-refractivity contribution in [1.82, 2.24) is 0 Å². The molecular weight excluding hydrogens is 169 g/mol. The summed E-state index contributed by atoms with van der Waals surface area (Å²) in [6.07, 6.45) is 0. The van der Waals surface area contributed by atoms with Crippen molar-refractivity contribution in [2.75, 3.05) is 0 Å². The quantitative estimate of drug-likeness (QED) is 0.404. The summed E-state index contributed by atoms with van der Waals surface area (Å²) in [5.41, 5.74) is 4.96. The number of nitrogens with two attached hydrogens (primary N) is 1. The van der Waals surface area contributed by atoms with Gasteiger partial charge in [-0.05, 0) is 12.5 Å². The topological polar surface area (TPSA) is 101 Å². The molecule has 1 unspecified atom stereocenters. The number of Topliss-reactive ketones (excluding diaryl/α,β-unsaturated/α-hetero) is 1. The zero-order valence-corrected chi connectivity index (χ0v) is 6.91. The van der Waals surface area contributed by atoms with Gasteiger partial charge in [0.1, 0.15) is 0 Å². The number of hydrogen-bond donors (Lipinski definition) is 3. The maximum atomic E-state index is 10.8. The number of ketones is 1. The van der Waals surface area contributed by atoms with Crippen molar-refractivity contribution in [1.29, 1.82) is 0 Å². The van der Waals surface area contributed by atoms with Gasteiger partial charge in [-0.25, -0.2) is 0 Å². The summed E-state index contributed by atoms with van der Waals surface area (Å²) in [6.45, 7) is 4.56. The first-order valence-electron chi connectivity index (χ1n) is 2.77. The average molecular weight is 179 g/mol. The van der Waals surface area contributed by atoms with Gasteiger partial charge in [0.15, 0.2) is 11.6 Å². The lowest BCUT2D eigenvalue weighted by atomic mass is 10.2. The Morgan fingerprint density at radius 2 is 2.00 bits per heavy atom. The number of rotatable bonds is 3. The second kappa shape index (κ2) is 3.28. The predicted octanol–water partition coefficient (Wildman–Crippen LogP) is -0.406. The Morgan fingerprint density at radius 1 is 1.64 bits per heavy atom. The minimum absolute atomic E-state index is 0.0424. The van der Waals surface area contributed by atoms with Crippen LogP contribution in [0.2, 0.25) is 0 Å². The van der Waals surface area contributed by atoms with Crippen LogP contribution in [-0.4, -0.2) is 21.4 Å². The van der Waals surface area contributed by atoms with Crippen LogP contribution in [0.25, 0.3) is 0 Å². The summed E-state index contributed by atoms with van der Waals surface area (Å²) in [5.74, 6) is -2.57. The fourth-order valence-electron chi connectivity index (χ4n) is 0.405. The van der Waals surface area contributed by atoms with Crippen molar-refractivity contribution in [3.63, 3.8) is 0 Å². The third-order valence-corrected chi connectivity index (χ3v) is 2.01. The Morgan fingerprint density at radius 3 is 2.09 bits per heavy atom. The molecule has 11 heavy (non-hydrogen) atoms. The highest BCUT2D eigenvalue weighted by Gasteiger charge is 2.31. The summed E-state index contributed by atoms with van der Waals surface area (Å²) >= 11 is 0. The van der Waals surface area contributed by atoms with E-state index in [0.29, 0.717) is 0 Å². The molecule has 0 bridgehead atoms. The molecule has 0 radical (unpaired) electrons. The highest BCUT2D eigenvalue weighted by Crippen LogP contribution is 2.39. The molecule has 0 rings (SSSR count). The highest BCUT2D eigenvalue weighted by molar-refractivity contribution is 7.53. The smallest absolute Gasteiger partial charge is 0.323 e. The van der Waals surface area contributed by atoms with Crippen molar-refractivity contribution in [3.8, 4) is 0 Å². The van der Waals surface area contributed by atoms with E-state index in [1.54, 1.807) is 0 Å². The van der Waals surface area contributed by atoms with Gasteiger partial charge in [-0.1, -0.05) is 6.58 Å². The predicted molar refractivity (Wildman–Crippen MR) is 39.8 cm³/mol. The molecule has 0 spiro atoms. The molecule has 0 aromatic heterocycles. The van der Waals surface area contributed by atoms with Crippen LogP contribution in [0.4, 0.5) is 0 Å². The van der Waals surface area contributed by atoms with E-state index >= 15 is 0 Å². The summed E-state index contributed by atoms with van der Waals surface area (Å²) in [5, 5.41) is 0. The second-order valence-corrected chi connectivity index (χ2v) is 3.91. The largest absolute Gasteiger partial charge is 0.350 e. The van der Waals surface area contributed by atoms with Gasteiger partial charge in [0.05, 0.1) is 0 Å². The number of carbonyl (C=O) groups is 1. The van der Waals surface area contributed by atoms with Gasteiger partial charge in [-0.15, -0.1) is 0 Å². The van der Waals surface area contributed by atoms with E-state index in [0.717, 1.165) is 0 Å². The Balaban J connectivity index is 4.52. The van der Waals surface area contributed by atoms with E-state index < -0.39 is 19.2 Å². The summed E-state index contributed by atoms with van der Waals surface area (Å²) in [6, 6.07) is 0. The molecule has 4 N–H and O–H groups in total. The molecule has 0 fully saturated rings. The summed E-state index contributed by atoms with van der Waals surface area (Å²) in [7, 11) is -4.50. The van der Waals surface area contributed by atoms with Crippen LogP contribution < -0.4 is 5.73 Å². The fraction of sp³-hybridized carbons (Fsp3) is 0.400. The Hall–Kier alpha value is -0.480. The molecular formula is C5H10NO4P. The maximum absolute atomic E-state index is 10.8. The van der Waals surface area contributed by atoms with Crippen LogP contribution in [0, 0.1) is 0 Å². The Kier molecular flexibility index (Phi) is 3.13. The van der Waals surface area contributed by atoms with Gasteiger partial charge in [0.25, 0.3) is 0 Å². The van der Waals surface area contributed by atoms with Crippen molar-refractivity contribution in [2.24, 2.45) is 5.73 Å². The molecule has 0 saturated carbocycles. The van der Waals surface area contributed by atoms with E-state index in [1.807, 2.05) is 0 Å². The third-order valence-electron chi connectivity index (χ3n) is 1.05. The molecule has 1 atom stereocenters. The lowest BCUT2D eigenvalue weighted by Crippen LogP contribution is -2.30. The number of carbonyl (C=O) groups excluding carboxylic acids is 1. The monoisotopic (exact) mass is 179 g/mol. The van der Waals surface area contributed by atoms with Gasteiger partial charge in [-0.3, -0.25) is 9.36 Å². The molecule has 0 aliphatic carbocycles. The maximum Gasteiger partial charge on any atom is 0.350 e. The van der Waals surface area contributed by atoms with E-state index in [-0.39, 0.29) is 5.57 Å². The fourth-order valence-corrected chi connectivity index (χ4v) is 0.931. The molecule has 0 aliphatic rings. The SMILES string of the molecule is C=C(C)C(=O)C(N)P(=O)(O)O. The molecule has 0 aliphatic heterocycles. The van der Waals surface area contributed by atoms with Crippen LogP contribution >= 0.6 is 7.60 Å². The normalized spacial score (nSPS) is 14.2. The van der Waals surface area contributed by atoms with Crippen LogP contribution in [0.3, 0.4) is 0 Å². The van der Waals surface area contributed by atoms with E-state index in [9.17, 15) is 9.36 Å². The van der Waals surface area contributed by atoms with Crippen molar-refractivity contribution < 1.29 is 19.1 Å². The summed E-state index contributed by atoms with van der Waals surface area (Å²) < 4.78 is 10.4. The number of hydrogen-bond acceptors (Lipinski definition) is 3. The van der Waals surface area contributed by atoms with Crippen molar-refractivity contribution >= 4 is 13.4 Å². The van der Waals surface area contributed by atoms with Gasteiger partial charge in [0.2, 0.25) is 0 Å². The minimum Gasteiger partial charge on any atom is -0.323 e. The highest BCUT2D eigenvalue weighted by atomic mass is 31.2. The molecule has 0 saturated heterocycles. The lowest BCUT2D eigenvalue weighted by molar-refractivity contribution is -0.115. The van der Waals surface area contributed by atoms with Gasteiger partial charge in [0, 0.05) is 0 Å². The van der Waals surface area contributed by atoms with Crippen molar-refractivity contribution in [2.45, 2.75) is 12.7 Å². The molecule has 0 amide bonds. The first-order valence-corrected chi connectivity index (χ1v) is 4.45. The van der Waals surface area contributed by atoms with Crippen LogP contribution in [0.5, 0.6) is 0 Å². The molecule has 0 aromatic rings. The van der Waals surface area contributed by atoms with Gasteiger partial charge < -0.3 is 15.5 Å². The van der Waals surface area contributed by atoms with Gasteiger partial charge >= 0.3 is 7.60 Å². The first-order chi connectivity index (χ1) is 4.76. The van der Waals surface area contributed by atoms with E-state index in [4.69, 9.17) is 15.5 Å². The standard InChI is InChI=1S/C5H10NO4P/c1-3(2)4(7)5(6)11(8,9)10/h5H,1,6H2,2H3,(H2,8,9,10). The molecule has 64 valence electrons. The third kappa shape index (κ3) is 2.95. The van der Waals surface area contributed by atoms with Crippen LogP contribution in [0.1, 0.15) is 6.92 Å². The van der Waals surface area contributed by atoms with E-state index in [1.165, 1.54) is 6.92 Å². The lowest BCUT2D eigenvalue weighted by Gasteiger charge is -2.10. The second-order valence-electron chi connectivity index (χ2n) is 2.18. The average Bonchev–Trinajstić information content (AvgIpc) is 1.82. The Bertz CT molecular complexity index is 231. The zero-order valence-electron chi connectivity index (χ0n) is 6.02. The minimum atomic E-state index is -4.50. The van der Waals surface area contributed by atoms with Crippen LogP contribution in [0.15, 0.2) is 12.2 Å². The Labute approximate surface area is 64.1 Å². The van der Waals surface area contributed by atoms with Crippen LogP contribution in [-0.2, 0) is 9.36 Å². The zero-order chi connectivity index (χ0) is 9.23. The van der Waals surface area contributed by atoms with Crippen molar-refractivity contribution in [3.05, 3.63) is 12.2 Å². The van der Waals surface area contributed by atoms with Gasteiger partial charge in [-0.2, -0.15) is 0 Å². The van der Waals surface area contributed by atoms with E-state index in [2.05, 4.69) is 6.58 Å². The molecule has 0 heterocycles. The summed E-state index contributed by atoms with van der Waals surface area (Å²) in [4.78, 5) is 27.6. The molecule has 5 nitrogen and oxygen atoms in total.